The Morgan fingerprint density at radius 2 is 2.00 bits per heavy atom. The minimum Gasteiger partial charge on any atom is -0.478 e. The van der Waals surface area contributed by atoms with Gasteiger partial charge in [0.1, 0.15) is 0 Å². The molecular formula is C9H10O4. The van der Waals surface area contributed by atoms with Gasteiger partial charge in [0.2, 0.25) is 0 Å². The Morgan fingerprint density at radius 3 is 2.38 bits per heavy atom. The van der Waals surface area contributed by atoms with Crippen LogP contribution in [0.5, 0.6) is 0 Å². The Labute approximate surface area is 75.2 Å². The second-order valence-corrected chi connectivity index (χ2v) is 2.98. The highest BCUT2D eigenvalue weighted by Crippen LogP contribution is 2.25. The molecule has 1 aliphatic rings. The van der Waals surface area contributed by atoms with Crippen LogP contribution in [0, 0.1) is 5.92 Å². The zero-order chi connectivity index (χ0) is 10.0. The van der Waals surface area contributed by atoms with Crippen LogP contribution in [0.15, 0.2) is 23.3 Å². The fraction of sp³-hybridized carbons (Fsp3) is 0.333. The van der Waals surface area contributed by atoms with Gasteiger partial charge in [0, 0.05) is 0 Å². The lowest BCUT2D eigenvalue weighted by Gasteiger charge is -2.16. The molecule has 1 aliphatic carbocycles. The molecule has 0 bridgehead atoms. The van der Waals surface area contributed by atoms with E-state index in [0.717, 1.165) is 0 Å². The predicted octanol–water partition coefficient (Wildman–Crippen LogP) is 1.05. The Hall–Kier alpha value is -1.58. The van der Waals surface area contributed by atoms with Crippen molar-refractivity contribution in [1.82, 2.24) is 0 Å². The van der Waals surface area contributed by atoms with Gasteiger partial charge < -0.3 is 10.2 Å². The van der Waals surface area contributed by atoms with E-state index in [2.05, 4.69) is 0 Å². The monoisotopic (exact) mass is 182 g/mol. The normalized spacial score (nSPS) is 21.8. The fourth-order valence-corrected chi connectivity index (χ4v) is 1.38. The minimum absolute atomic E-state index is 0.00463. The first-order valence-electron chi connectivity index (χ1n) is 3.91. The highest BCUT2D eigenvalue weighted by Gasteiger charge is 2.25. The molecule has 0 heterocycles. The number of rotatable bonds is 2. The summed E-state index contributed by atoms with van der Waals surface area (Å²) in [6, 6.07) is 0. The zero-order valence-corrected chi connectivity index (χ0v) is 7.15. The molecule has 1 atom stereocenters. The third-order valence-electron chi connectivity index (χ3n) is 2.02. The molecule has 0 saturated carbocycles. The Balaban J connectivity index is 3.20. The van der Waals surface area contributed by atoms with Gasteiger partial charge in [0.25, 0.3) is 0 Å². The topological polar surface area (TPSA) is 74.6 Å². The van der Waals surface area contributed by atoms with Crippen LogP contribution in [0.4, 0.5) is 0 Å². The zero-order valence-electron chi connectivity index (χ0n) is 7.15. The third-order valence-corrected chi connectivity index (χ3v) is 2.02. The molecule has 4 heteroatoms. The van der Waals surface area contributed by atoms with Crippen molar-refractivity contribution in [3.8, 4) is 0 Å². The predicted molar refractivity (Wildman–Crippen MR) is 45.2 cm³/mol. The summed E-state index contributed by atoms with van der Waals surface area (Å²) in [6.45, 7) is 1.70. The van der Waals surface area contributed by atoms with Gasteiger partial charge in [-0.1, -0.05) is 19.1 Å². The van der Waals surface area contributed by atoms with Crippen molar-refractivity contribution in [2.24, 2.45) is 5.92 Å². The van der Waals surface area contributed by atoms with E-state index in [9.17, 15) is 9.59 Å². The second kappa shape index (κ2) is 3.43. The van der Waals surface area contributed by atoms with Crippen molar-refractivity contribution in [1.29, 1.82) is 0 Å². The number of aliphatic carboxylic acids is 2. The largest absolute Gasteiger partial charge is 0.478 e. The van der Waals surface area contributed by atoms with Crippen molar-refractivity contribution in [3.63, 3.8) is 0 Å². The molecule has 13 heavy (non-hydrogen) atoms. The summed E-state index contributed by atoms with van der Waals surface area (Å²) < 4.78 is 0. The molecule has 70 valence electrons. The molecule has 1 unspecified atom stereocenters. The van der Waals surface area contributed by atoms with Crippen LogP contribution in [0.3, 0.4) is 0 Å². The maximum atomic E-state index is 10.7. The number of carbonyl (C=O) groups is 2. The highest BCUT2D eigenvalue weighted by atomic mass is 16.4. The lowest BCUT2D eigenvalue weighted by atomic mass is 9.88. The van der Waals surface area contributed by atoms with E-state index in [4.69, 9.17) is 10.2 Å². The first-order chi connectivity index (χ1) is 6.04. The van der Waals surface area contributed by atoms with Crippen LogP contribution < -0.4 is 0 Å². The molecule has 0 amide bonds. The molecule has 1 rings (SSSR count). The second-order valence-electron chi connectivity index (χ2n) is 2.98. The smallest absolute Gasteiger partial charge is 0.336 e. The highest BCUT2D eigenvalue weighted by molar-refractivity contribution is 6.01. The van der Waals surface area contributed by atoms with Crippen LogP contribution in [0.2, 0.25) is 0 Å². The molecule has 0 aliphatic heterocycles. The molecule has 4 nitrogen and oxygen atoms in total. The van der Waals surface area contributed by atoms with Crippen LogP contribution in [-0.4, -0.2) is 22.2 Å². The molecule has 0 aromatic rings. The van der Waals surface area contributed by atoms with E-state index in [1.165, 1.54) is 6.08 Å². The summed E-state index contributed by atoms with van der Waals surface area (Å²) in [6.07, 6.45) is 3.62. The molecule has 0 aromatic heterocycles. The van der Waals surface area contributed by atoms with Crippen LogP contribution in [0.25, 0.3) is 0 Å². The molecule has 0 spiro atoms. The molecule has 2 N–H and O–H groups in total. The van der Waals surface area contributed by atoms with E-state index in [1.54, 1.807) is 13.0 Å². The van der Waals surface area contributed by atoms with Crippen molar-refractivity contribution >= 4 is 11.9 Å². The van der Waals surface area contributed by atoms with E-state index in [1.807, 2.05) is 0 Å². The van der Waals surface area contributed by atoms with Crippen molar-refractivity contribution in [3.05, 3.63) is 23.3 Å². The summed E-state index contributed by atoms with van der Waals surface area (Å²) >= 11 is 0. The van der Waals surface area contributed by atoms with Gasteiger partial charge in [-0.3, -0.25) is 0 Å². The first-order valence-corrected chi connectivity index (χ1v) is 3.91. The quantitative estimate of drug-likeness (QED) is 0.669. The summed E-state index contributed by atoms with van der Waals surface area (Å²) in [7, 11) is 0. The average Bonchev–Trinajstić information content (AvgIpc) is 2.02. The maximum Gasteiger partial charge on any atom is 0.336 e. The van der Waals surface area contributed by atoms with Crippen molar-refractivity contribution in [2.45, 2.75) is 13.3 Å². The fourth-order valence-electron chi connectivity index (χ4n) is 1.38. The van der Waals surface area contributed by atoms with Gasteiger partial charge in [-0.15, -0.1) is 0 Å². The van der Waals surface area contributed by atoms with Crippen LogP contribution in [0.1, 0.15) is 13.3 Å². The van der Waals surface area contributed by atoms with Crippen molar-refractivity contribution < 1.29 is 19.8 Å². The third kappa shape index (κ3) is 1.77. The van der Waals surface area contributed by atoms with E-state index >= 15 is 0 Å². The van der Waals surface area contributed by atoms with Gasteiger partial charge >= 0.3 is 11.9 Å². The van der Waals surface area contributed by atoms with Gasteiger partial charge in [0.05, 0.1) is 11.1 Å². The van der Waals surface area contributed by atoms with Crippen molar-refractivity contribution in [2.75, 3.05) is 0 Å². The average molecular weight is 182 g/mol. The van der Waals surface area contributed by atoms with E-state index in [0.29, 0.717) is 6.42 Å². The number of allylic oxidation sites excluding steroid dienone is 1. The van der Waals surface area contributed by atoms with Gasteiger partial charge in [-0.05, 0) is 12.3 Å². The Morgan fingerprint density at radius 1 is 1.38 bits per heavy atom. The first kappa shape index (κ1) is 9.51. The number of hydrogen-bond acceptors (Lipinski definition) is 2. The maximum absolute atomic E-state index is 10.7. The Kier molecular flexibility index (Phi) is 2.51. The standard InChI is InChI=1S/C9H10O4/c1-5-3-2-4-6(8(10)11)7(5)9(12)13/h2,4-5H,3H2,1H3,(H,10,11)(H,12,13). The summed E-state index contributed by atoms with van der Waals surface area (Å²) in [5.41, 5.74) is -0.110. The molecule has 0 saturated heterocycles. The molecular weight excluding hydrogens is 172 g/mol. The molecule has 0 radical (unpaired) electrons. The SMILES string of the molecule is CC1CC=CC(C(=O)O)=C1C(=O)O. The van der Waals surface area contributed by atoms with Crippen LogP contribution in [-0.2, 0) is 9.59 Å². The van der Waals surface area contributed by atoms with Gasteiger partial charge in [0.15, 0.2) is 0 Å². The summed E-state index contributed by atoms with van der Waals surface area (Å²) in [5, 5.41) is 17.5. The lowest BCUT2D eigenvalue weighted by molar-refractivity contribution is -0.136. The Bertz CT molecular complexity index is 312. The van der Waals surface area contributed by atoms with Gasteiger partial charge in [-0.25, -0.2) is 9.59 Å². The lowest BCUT2D eigenvalue weighted by Crippen LogP contribution is -2.18. The molecule has 0 aromatic carbocycles. The van der Waals surface area contributed by atoms with E-state index in [-0.39, 0.29) is 17.1 Å². The number of carboxylic acids is 2. The minimum atomic E-state index is -1.18. The van der Waals surface area contributed by atoms with Crippen LogP contribution >= 0.6 is 0 Å². The molecule has 0 fully saturated rings. The number of carboxylic acid groups (broad SMARTS) is 2. The van der Waals surface area contributed by atoms with E-state index < -0.39 is 11.9 Å². The summed E-state index contributed by atoms with van der Waals surface area (Å²) in [4.78, 5) is 21.4. The number of hydrogen-bond donors (Lipinski definition) is 2. The van der Waals surface area contributed by atoms with Gasteiger partial charge in [-0.2, -0.15) is 0 Å². The summed E-state index contributed by atoms with van der Waals surface area (Å²) in [5.74, 6) is -2.55.